The number of rotatable bonds is 1. The number of aryl methyl sites for hydroxylation is 1. The van der Waals surface area contributed by atoms with E-state index in [0.717, 1.165) is 13.1 Å². The molecule has 86 valence electrons. The van der Waals surface area contributed by atoms with Gasteiger partial charge in [-0.05, 0) is 19.1 Å². The Labute approximate surface area is 95.3 Å². The zero-order valence-electron chi connectivity index (χ0n) is 9.40. The molecule has 0 unspecified atom stereocenters. The Morgan fingerprint density at radius 3 is 2.50 bits per heavy atom. The van der Waals surface area contributed by atoms with Crippen LogP contribution in [-0.4, -0.2) is 37.2 Å². The number of hydrogen-bond acceptors (Lipinski definition) is 3. The van der Waals surface area contributed by atoms with Crippen LogP contribution in [0.25, 0.3) is 0 Å². The van der Waals surface area contributed by atoms with Gasteiger partial charge >= 0.3 is 0 Å². The Hall–Kier alpha value is -1.55. The van der Waals surface area contributed by atoms with Gasteiger partial charge in [0.15, 0.2) is 0 Å². The molecule has 4 heteroatoms. The monoisotopic (exact) mass is 220 g/mol. The molecule has 4 nitrogen and oxygen atoms in total. The zero-order chi connectivity index (χ0) is 11.4. The van der Waals surface area contributed by atoms with Crippen LogP contribution in [0, 0.1) is 12.3 Å². The van der Waals surface area contributed by atoms with E-state index >= 15 is 0 Å². The molecule has 1 aromatic rings. The van der Waals surface area contributed by atoms with E-state index < -0.39 is 0 Å². The second-order valence-electron chi connectivity index (χ2n) is 3.82. The van der Waals surface area contributed by atoms with E-state index in [1.807, 2.05) is 36.1 Å². The normalized spacial score (nSPS) is 15.9. The molecule has 0 aromatic heterocycles. The predicted molar refractivity (Wildman–Crippen MR) is 61.9 cm³/mol. The van der Waals surface area contributed by atoms with Gasteiger partial charge in [-0.3, -0.25) is 5.41 Å². The molecule has 1 saturated heterocycles. The molecule has 0 spiro atoms. The number of morpholine rings is 1. The highest BCUT2D eigenvalue weighted by Crippen LogP contribution is 2.12. The summed E-state index contributed by atoms with van der Waals surface area (Å²) in [6, 6.07) is 7.91. The van der Waals surface area contributed by atoms with E-state index in [4.69, 9.17) is 14.9 Å². The van der Waals surface area contributed by atoms with Crippen molar-refractivity contribution in [1.29, 1.82) is 5.41 Å². The third-order valence-electron chi connectivity index (χ3n) is 2.53. The zero-order valence-corrected chi connectivity index (χ0v) is 9.40. The fraction of sp³-hybridized carbons (Fsp3) is 0.417. The summed E-state index contributed by atoms with van der Waals surface area (Å²) in [5, 5.41) is 7.82. The van der Waals surface area contributed by atoms with Crippen molar-refractivity contribution in [2.45, 2.75) is 6.92 Å². The maximum absolute atomic E-state index is 7.82. The van der Waals surface area contributed by atoms with Gasteiger partial charge in [-0.2, -0.15) is 0 Å². The van der Waals surface area contributed by atoms with E-state index in [-0.39, 0.29) is 6.02 Å². The lowest BCUT2D eigenvalue weighted by atomic mass is 10.2. The lowest BCUT2D eigenvalue weighted by Crippen LogP contribution is -2.42. The molecule has 16 heavy (non-hydrogen) atoms. The Bertz CT molecular complexity index is 356. The summed E-state index contributed by atoms with van der Waals surface area (Å²) in [5.41, 5.74) is 1.19. The van der Waals surface area contributed by atoms with E-state index in [2.05, 4.69) is 0 Å². The molecule has 1 N–H and O–H groups in total. The van der Waals surface area contributed by atoms with Crippen molar-refractivity contribution in [3.8, 4) is 5.75 Å². The molecule has 0 bridgehead atoms. The molecular formula is C12H16N2O2. The highest BCUT2D eigenvalue weighted by Gasteiger charge is 2.15. The molecule has 0 atom stereocenters. The van der Waals surface area contributed by atoms with Gasteiger partial charge in [0.05, 0.1) is 13.2 Å². The Morgan fingerprint density at radius 2 is 1.88 bits per heavy atom. The Morgan fingerprint density at radius 1 is 1.25 bits per heavy atom. The number of ether oxygens (including phenoxy) is 2. The van der Waals surface area contributed by atoms with Gasteiger partial charge in [-0.25, -0.2) is 0 Å². The topological polar surface area (TPSA) is 45.5 Å². The Kier molecular flexibility index (Phi) is 3.41. The lowest BCUT2D eigenvalue weighted by molar-refractivity contribution is 0.0609. The molecule has 1 aromatic carbocycles. The summed E-state index contributed by atoms with van der Waals surface area (Å²) in [6.45, 7) is 4.81. The summed E-state index contributed by atoms with van der Waals surface area (Å²) in [7, 11) is 0. The standard InChI is InChI=1S/C12H16N2O2/c1-10-2-4-11(5-3-10)16-12(13)14-6-8-15-9-7-14/h2-5,13H,6-9H2,1H3. The molecule has 1 heterocycles. The average Bonchev–Trinajstić information content (AvgIpc) is 2.33. The second-order valence-corrected chi connectivity index (χ2v) is 3.82. The summed E-state index contributed by atoms with van der Waals surface area (Å²) in [5.74, 6) is 0.710. The van der Waals surface area contributed by atoms with Gasteiger partial charge < -0.3 is 14.4 Å². The van der Waals surface area contributed by atoms with Crippen molar-refractivity contribution in [3.05, 3.63) is 29.8 Å². The van der Waals surface area contributed by atoms with Gasteiger partial charge in [0.1, 0.15) is 5.75 Å². The molecule has 0 radical (unpaired) electrons. The van der Waals surface area contributed by atoms with Crippen molar-refractivity contribution in [2.75, 3.05) is 26.3 Å². The van der Waals surface area contributed by atoms with Crippen LogP contribution in [0.5, 0.6) is 5.75 Å². The van der Waals surface area contributed by atoms with Gasteiger partial charge in [0.2, 0.25) is 0 Å². The number of benzene rings is 1. The maximum Gasteiger partial charge on any atom is 0.290 e. The minimum atomic E-state index is 0.201. The second kappa shape index (κ2) is 4.99. The average molecular weight is 220 g/mol. The quantitative estimate of drug-likeness (QED) is 0.578. The van der Waals surface area contributed by atoms with Crippen molar-refractivity contribution in [1.82, 2.24) is 4.90 Å². The maximum atomic E-state index is 7.82. The molecule has 2 rings (SSSR count). The van der Waals surface area contributed by atoms with E-state index in [1.165, 1.54) is 5.56 Å². The molecule has 1 aliphatic heterocycles. The predicted octanol–water partition coefficient (Wildman–Crippen LogP) is 1.64. The molecular weight excluding hydrogens is 204 g/mol. The Balaban J connectivity index is 1.93. The minimum Gasteiger partial charge on any atom is -0.426 e. The van der Waals surface area contributed by atoms with Crippen molar-refractivity contribution >= 4 is 6.02 Å². The van der Waals surface area contributed by atoms with Crippen molar-refractivity contribution < 1.29 is 9.47 Å². The minimum absolute atomic E-state index is 0.201. The van der Waals surface area contributed by atoms with E-state index in [9.17, 15) is 0 Å². The lowest BCUT2D eigenvalue weighted by Gasteiger charge is -2.27. The van der Waals surface area contributed by atoms with Crippen LogP contribution in [0.2, 0.25) is 0 Å². The molecule has 1 aliphatic rings. The fourth-order valence-electron chi connectivity index (χ4n) is 1.55. The number of hydrogen-bond donors (Lipinski definition) is 1. The first-order chi connectivity index (χ1) is 7.75. The number of nitrogens with zero attached hydrogens (tertiary/aromatic N) is 1. The third-order valence-corrected chi connectivity index (χ3v) is 2.53. The van der Waals surface area contributed by atoms with E-state index in [1.54, 1.807) is 0 Å². The van der Waals surface area contributed by atoms with Crippen LogP contribution in [0.15, 0.2) is 24.3 Å². The first-order valence-corrected chi connectivity index (χ1v) is 5.41. The summed E-state index contributed by atoms with van der Waals surface area (Å²) < 4.78 is 10.7. The van der Waals surface area contributed by atoms with Gasteiger partial charge in [-0.1, -0.05) is 17.7 Å². The summed E-state index contributed by atoms with van der Waals surface area (Å²) >= 11 is 0. The van der Waals surface area contributed by atoms with Gasteiger partial charge in [0.25, 0.3) is 6.02 Å². The van der Waals surface area contributed by atoms with Crippen LogP contribution in [0.4, 0.5) is 0 Å². The summed E-state index contributed by atoms with van der Waals surface area (Å²) in [4.78, 5) is 1.88. The first-order valence-electron chi connectivity index (χ1n) is 5.41. The summed E-state index contributed by atoms with van der Waals surface area (Å²) in [6.07, 6.45) is 0. The van der Waals surface area contributed by atoms with Crippen molar-refractivity contribution in [2.24, 2.45) is 0 Å². The third kappa shape index (κ3) is 2.73. The highest BCUT2D eigenvalue weighted by atomic mass is 16.5. The van der Waals surface area contributed by atoms with Crippen LogP contribution in [0.3, 0.4) is 0 Å². The fourth-order valence-corrected chi connectivity index (χ4v) is 1.55. The largest absolute Gasteiger partial charge is 0.426 e. The van der Waals surface area contributed by atoms with Gasteiger partial charge in [0, 0.05) is 13.1 Å². The number of amidine groups is 1. The van der Waals surface area contributed by atoms with Crippen LogP contribution < -0.4 is 4.74 Å². The number of nitrogens with one attached hydrogen (secondary N) is 1. The molecule has 0 saturated carbocycles. The van der Waals surface area contributed by atoms with Crippen LogP contribution >= 0.6 is 0 Å². The SMILES string of the molecule is Cc1ccc(OC(=N)N2CCOCC2)cc1. The molecule has 0 amide bonds. The van der Waals surface area contributed by atoms with Crippen molar-refractivity contribution in [3.63, 3.8) is 0 Å². The molecule has 0 aliphatic carbocycles. The first kappa shape index (κ1) is 11.0. The molecule has 1 fully saturated rings. The van der Waals surface area contributed by atoms with Gasteiger partial charge in [-0.15, -0.1) is 0 Å². The van der Waals surface area contributed by atoms with E-state index in [0.29, 0.717) is 19.0 Å². The highest BCUT2D eigenvalue weighted by molar-refractivity contribution is 5.73. The van der Waals surface area contributed by atoms with Crippen LogP contribution in [0.1, 0.15) is 5.56 Å². The smallest absolute Gasteiger partial charge is 0.290 e. The van der Waals surface area contributed by atoms with Crippen LogP contribution in [-0.2, 0) is 4.74 Å².